The summed E-state index contributed by atoms with van der Waals surface area (Å²) in [6.45, 7) is 2.12. The molecular formula is C16H18BrN. The Bertz CT molecular complexity index is 481. The van der Waals surface area contributed by atoms with Crippen molar-refractivity contribution in [1.82, 2.24) is 4.98 Å². The average Bonchev–Trinajstić information content (AvgIpc) is 2.40. The molecule has 2 rings (SSSR count). The first-order valence-electron chi connectivity index (χ1n) is 6.34. The van der Waals surface area contributed by atoms with Crippen molar-refractivity contribution in [3.63, 3.8) is 0 Å². The van der Waals surface area contributed by atoms with Crippen LogP contribution in [0, 0.1) is 6.92 Å². The first-order valence-corrected chi connectivity index (χ1v) is 7.26. The van der Waals surface area contributed by atoms with Crippen LogP contribution in [0.2, 0.25) is 0 Å². The molecule has 0 aliphatic carbocycles. The summed E-state index contributed by atoms with van der Waals surface area (Å²) in [6.07, 6.45) is 5.13. The molecule has 1 aromatic carbocycles. The molecule has 0 aliphatic heterocycles. The molecule has 1 atom stereocenters. The lowest BCUT2D eigenvalue weighted by Crippen LogP contribution is -2.07. The van der Waals surface area contributed by atoms with E-state index in [-0.39, 0.29) is 0 Å². The summed E-state index contributed by atoms with van der Waals surface area (Å²) >= 11 is 3.77. The molecule has 0 N–H and O–H groups in total. The standard InChI is InChI=1S/C16H18BrN/c1-13-6-5-11-18-16(13)12-15(17)10-9-14-7-3-2-4-8-14/h2-8,11,15H,9-10,12H2,1H3. The van der Waals surface area contributed by atoms with Gasteiger partial charge in [-0.15, -0.1) is 0 Å². The monoisotopic (exact) mass is 303 g/mol. The number of hydrogen-bond donors (Lipinski definition) is 0. The number of aromatic nitrogens is 1. The molecule has 1 nitrogen and oxygen atoms in total. The van der Waals surface area contributed by atoms with E-state index in [1.54, 1.807) is 0 Å². The van der Waals surface area contributed by atoms with E-state index >= 15 is 0 Å². The van der Waals surface area contributed by atoms with Gasteiger partial charge in [0.2, 0.25) is 0 Å². The minimum atomic E-state index is 0.492. The van der Waals surface area contributed by atoms with Gasteiger partial charge in [0.05, 0.1) is 0 Å². The predicted molar refractivity (Wildman–Crippen MR) is 80.2 cm³/mol. The van der Waals surface area contributed by atoms with Crippen LogP contribution in [-0.2, 0) is 12.8 Å². The van der Waals surface area contributed by atoms with Crippen LogP contribution in [-0.4, -0.2) is 9.81 Å². The molecule has 1 aromatic heterocycles. The van der Waals surface area contributed by atoms with E-state index in [0.717, 1.165) is 19.3 Å². The Labute approximate surface area is 117 Å². The lowest BCUT2D eigenvalue weighted by Gasteiger charge is -2.11. The van der Waals surface area contributed by atoms with Crippen molar-refractivity contribution >= 4 is 15.9 Å². The second kappa shape index (κ2) is 6.69. The SMILES string of the molecule is Cc1cccnc1CC(Br)CCc1ccccc1. The fourth-order valence-corrected chi connectivity index (χ4v) is 2.55. The van der Waals surface area contributed by atoms with Crippen LogP contribution < -0.4 is 0 Å². The van der Waals surface area contributed by atoms with Crippen LogP contribution in [0.25, 0.3) is 0 Å². The topological polar surface area (TPSA) is 12.9 Å². The molecule has 0 fully saturated rings. The molecular weight excluding hydrogens is 286 g/mol. The summed E-state index contributed by atoms with van der Waals surface area (Å²) in [5.41, 5.74) is 3.88. The van der Waals surface area contributed by atoms with Gasteiger partial charge in [-0.3, -0.25) is 4.98 Å². The molecule has 18 heavy (non-hydrogen) atoms. The highest BCUT2D eigenvalue weighted by atomic mass is 79.9. The Hall–Kier alpha value is -1.15. The summed E-state index contributed by atoms with van der Waals surface area (Å²) in [5.74, 6) is 0. The minimum Gasteiger partial charge on any atom is -0.261 e. The number of alkyl halides is 1. The quantitative estimate of drug-likeness (QED) is 0.749. The second-order valence-electron chi connectivity index (χ2n) is 4.59. The van der Waals surface area contributed by atoms with E-state index in [2.05, 4.69) is 64.2 Å². The number of aryl methyl sites for hydroxylation is 2. The van der Waals surface area contributed by atoms with Gasteiger partial charge in [-0.05, 0) is 37.0 Å². The Morgan fingerprint density at radius 3 is 2.61 bits per heavy atom. The van der Waals surface area contributed by atoms with E-state index < -0.39 is 0 Å². The van der Waals surface area contributed by atoms with Crippen molar-refractivity contribution in [3.05, 3.63) is 65.5 Å². The second-order valence-corrected chi connectivity index (χ2v) is 5.89. The molecule has 0 bridgehead atoms. The average molecular weight is 304 g/mol. The largest absolute Gasteiger partial charge is 0.261 e. The molecule has 2 heteroatoms. The molecule has 0 radical (unpaired) electrons. The normalized spacial score (nSPS) is 12.3. The van der Waals surface area contributed by atoms with Crippen molar-refractivity contribution in [3.8, 4) is 0 Å². The van der Waals surface area contributed by atoms with Gasteiger partial charge >= 0.3 is 0 Å². The van der Waals surface area contributed by atoms with Gasteiger partial charge in [-0.1, -0.05) is 52.3 Å². The lowest BCUT2D eigenvalue weighted by molar-refractivity contribution is 0.747. The number of pyridine rings is 1. The zero-order chi connectivity index (χ0) is 12.8. The van der Waals surface area contributed by atoms with Gasteiger partial charge in [0.15, 0.2) is 0 Å². The van der Waals surface area contributed by atoms with Crippen molar-refractivity contribution in [2.75, 3.05) is 0 Å². The maximum absolute atomic E-state index is 4.44. The van der Waals surface area contributed by atoms with Crippen LogP contribution >= 0.6 is 15.9 Å². The Morgan fingerprint density at radius 1 is 1.11 bits per heavy atom. The lowest BCUT2D eigenvalue weighted by atomic mass is 10.0. The van der Waals surface area contributed by atoms with E-state index in [1.165, 1.54) is 16.8 Å². The fraction of sp³-hybridized carbons (Fsp3) is 0.312. The third-order valence-electron chi connectivity index (χ3n) is 3.12. The summed E-state index contributed by atoms with van der Waals surface area (Å²) in [4.78, 5) is 4.94. The number of halogens is 1. The third-order valence-corrected chi connectivity index (χ3v) is 3.90. The highest BCUT2D eigenvalue weighted by Crippen LogP contribution is 2.17. The summed E-state index contributed by atoms with van der Waals surface area (Å²) in [6, 6.07) is 14.7. The molecule has 0 saturated carbocycles. The Morgan fingerprint density at radius 2 is 1.89 bits per heavy atom. The zero-order valence-corrected chi connectivity index (χ0v) is 12.2. The number of rotatable bonds is 5. The third kappa shape index (κ3) is 3.95. The van der Waals surface area contributed by atoms with Gasteiger partial charge in [-0.25, -0.2) is 0 Å². The molecule has 94 valence electrons. The first-order chi connectivity index (χ1) is 8.75. The van der Waals surface area contributed by atoms with Crippen molar-refractivity contribution in [1.29, 1.82) is 0 Å². The van der Waals surface area contributed by atoms with Crippen LogP contribution in [0.5, 0.6) is 0 Å². The summed E-state index contributed by atoms with van der Waals surface area (Å²) in [7, 11) is 0. The zero-order valence-electron chi connectivity index (χ0n) is 10.6. The van der Waals surface area contributed by atoms with Gasteiger partial charge in [0, 0.05) is 23.1 Å². The molecule has 1 unspecified atom stereocenters. The van der Waals surface area contributed by atoms with Crippen molar-refractivity contribution < 1.29 is 0 Å². The van der Waals surface area contributed by atoms with Crippen LogP contribution in [0.1, 0.15) is 23.2 Å². The molecule has 1 heterocycles. The van der Waals surface area contributed by atoms with E-state index in [4.69, 9.17) is 0 Å². The minimum absolute atomic E-state index is 0.492. The number of nitrogens with zero attached hydrogens (tertiary/aromatic N) is 1. The number of benzene rings is 1. The van der Waals surface area contributed by atoms with Gasteiger partial charge < -0.3 is 0 Å². The summed E-state index contributed by atoms with van der Waals surface area (Å²) in [5, 5.41) is 0. The van der Waals surface area contributed by atoms with E-state index in [9.17, 15) is 0 Å². The predicted octanol–water partition coefficient (Wildman–Crippen LogP) is 4.33. The van der Waals surface area contributed by atoms with Crippen LogP contribution in [0.3, 0.4) is 0 Å². The molecule has 0 saturated heterocycles. The Balaban J connectivity index is 1.86. The summed E-state index contributed by atoms with van der Waals surface area (Å²) < 4.78 is 0. The van der Waals surface area contributed by atoms with Gasteiger partial charge in [-0.2, -0.15) is 0 Å². The molecule has 0 aliphatic rings. The maximum atomic E-state index is 4.44. The molecule has 2 aromatic rings. The molecule has 0 amide bonds. The van der Waals surface area contributed by atoms with Crippen molar-refractivity contribution in [2.24, 2.45) is 0 Å². The Kier molecular flexibility index (Phi) is 4.94. The van der Waals surface area contributed by atoms with Crippen LogP contribution in [0.15, 0.2) is 48.7 Å². The molecule has 0 spiro atoms. The highest BCUT2D eigenvalue weighted by Gasteiger charge is 2.08. The maximum Gasteiger partial charge on any atom is 0.0443 e. The van der Waals surface area contributed by atoms with Crippen LogP contribution in [0.4, 0.5) is 0 Å². The van der Waals surface area contributed by atoms with Crippen molar-refractivity contribution in [2.45, 2.75) is 31.0 Å². The van der Waals surface area contributed by atoms with E-state index in [0.29, 0.717) is 4.83 Å². The van der Waals surface area contributed by atoms with E-state index in [1.807, 2.05) is 12.3 Å². The smallest absolute Gasteiger partial charge is 0.0443 e. The first kappa shape index (κ1) is 13.3. The highest BCUT2D eigenvalue weighted by molar-refractivity contribution is 9.09. The number of hydrogen-bond acceptors (Lipinski definition) is 1. The fourth-order valence-electron chi connectivity index (χ4n) is 2.01. The van der Waals surface area contributed by atoms with Gasteiger partial charge in [0.1, 0.15) is 0 Å². The van der Waals surface area contributed by atoms with Gasteiger partial charge in [0.25, 0.3) is 0 Å².